The molecule has 3 heterocycles. The van der Waals surface area contributed by atoms with E-state index in [0.717, 1.165) is 6.07 Å². The summed E-state index contributed by atoms with van der Waals surface area (Å²) < 4.78 is 42.7. The third-order valence-electron chi connectivity index (χ3n) is 6.24. The normalized spacial score (nSPS) is 18.5. The van der Waals surface area contributed by atoms with Gasteiger partial charge in [-0.2, -0.15) is 10.2 Å². The van der Waals surface area contributed by atoms with Gasteiger partial charge in [0.25, 0.3) is 12.3 Å². The Morgan fingerprint density at radius 2 is 1.95 bits per heavy atom. The molecular formula is C26H31F3N6O2. The summed E-state index contributed by atoms with van der Waals surface area (Å²) in [5.41, 5.74) is -0.348. The number of fused-ring (bicyclic) bond motifs is 1. The molecule has 1 amide bonds. The molecule has 2 N–H and O–H groups in total. The summed E-state index contributed by atoms with van der Waals surface area (Å²) in [6.45, 7) is 9.70. The molecule has 0 radical (unpaired) electrons. The van der Waals surface area contributed by atoms with Crippen molar-refractivity contribution in [2.45, 2.75) is 65.3 Å². The van der Waals surface area contributed by atoms with E-state index in [4.69, 9.17) is 4.99 Å². The van der Waals surface area contributed by atoms with Crippen LogP contribution in [0.1, 0.15) is 63.8 Å². The first-order valence-electron chi connectivity index (χ1n) is 12.1. The van der Waals surface area contributed by atoms with Crippen molar-refractivity contribution in [2.75, 3.05) is 6.54 Å². The molecule has 0 aliphatic carbocycles. The lowest BCUT2D eigenvalue weighted by atomic mass is 10.0. The summed E-state index contributed by atoms with van der Waals surface area (Å²) in [5.74, 6) is -0.957. The van der Waals surface area contributed by atoms with Crippen molar-refractivity contribution >= 4 is 17.5 Å². The van der Waals surface area contributed by atoms with Crippen molar-refractivity contribution in [1.82, 2.24) is 20.1 Å². The monoisotopic (exact) mass is 516 g/mol. The Kier molecular flexibility index (Phi) is 7.27. The quantitative estimate of drug-likeness (QED) is 0.555. The first-order chi connectivity index (χ1) is 17.3. The number of nitrogens with zero attached hydrogens (tertiary/aromatic N) is 5. The highest BCUT2D eigenvalue weighted by Crippen LogP contribution is 2.29. The zero-order chi connectivity index (χ0) is 27.1. The lowest BCUT2D eigenvalue weighted by molar-refractivity contribution is -0.117. The number of amidine groups is 1. The van der Waals surface area contributed by atoms with E-state index in [9.17, 15) is 23.1 Å². The number of aliphatic imine (C=N–C) groups is 1. The van der Waals surface area contributed by atoms with Crippen molar-refractivity contribution in [1.29, 1.82) is 0 Å². The van der Waals surface area contributed by atoms with Gasteiger partial charge in [0.15, 0.2) is 5.84 Å². The highest BCUT2D eigenvalue weighted by molar-refractivity contribution is 6.28. The van der Waals surface area contributed by atoms with Crippen LogP contribution in [0.4, 0.5) is 13.2 Å². The van der Waals surface area contributed by atoms with Gasteiger partial charge in [0.1, 0.15) is 5.82 Å². The average molecular weight is 517 g/mol. The second kappa shape index (κ2) is 10.1. The van der Waals surface area contributed by atoms with E-state index in [1.165, 1.54) is 19.1 Å². The molecule has 37 heavy (non-hydrogen) atoms. The van der Waals surface area contributed by atoms with Crippen LogP contribution >= 0.6 is 0 Å². The van der Waals surface area contributed by atoms with E-state index < -0.39 is 35.4 Å². The van der Waals surface area contributed by atoms with Gasteiger partial charge in [0.2, 0.25) is 0 Å². The standard InChI is InChI=1S/C26H31F3N6O2/c1-14(2)21-12-35-24(32-21)19(9-20(33-35)16-10-30-34(11-16)13-26(4,5)37)25(36)31-15(3)17-7-6-8-18(22(17)27)23(28)29/h6-11,14-15,21,23,37H,12-13H2,1-5H3,(H,31,36)/t15-,21+/m1/s1. The molecule has 2 aliphatic heterocycles. The summed E-state index contributed by atoms with van der Waals surface area (Å²) in [7, 11) is 0. The molecule has 0 unspecified atom stereocenters. The Balaban J connectivity index is 1.65. The maximum Gasteiger partial charge on any atom is 0.266 e. The number of halogens is 3. The summed E-state index contributed by atoms with van der Waals surface area (Å²) in [6, 6.07) is 2.79. The predicted octanol–water partition coefficient (Wildman–Crippen LogP) is 3.99. The maximum absolute atomic E-state index is 14.7. The van der Waals surface area contributed by atoms with Crippen LogP contribution in [0.15, 0.2) is 52.3 Å². The van der Waals surface area contributed by atoms with Crippen molar-refractivity contribution < 1.29 is 23.1 Å². The number of aliphatic hydroxyl groups is 1. The summed E-state index contributed by atoms with van der Waals surface area (Å²) in [5, 5.41) is 23.5. The van der Waals surface area contributed by atoms with Gasteiger partial charge in [-0.05, 0) is 32.8 Å². The third kappa shape index (κ3) is 5.76. The molecule has 2 aromatic rings. The van der Waals surface area contributed by atoms with Crippen LogP contribution < -0.4 is 5.32 Å². The van der Waals surface area contributed by atoms with Gasteiger partial charge in [0.05, 0.1) is 53.8 Å². The van der Waals surface area contributed by atoms with Gasteiger partial charge in [-0.3, -0.25) is 14.5 Å². The molecular weight excluding hydrogens is 485 g/mol. The van der Waals surface area contributed by atoms with Gasteiger partial charge < -0.3 is 10.4 Å². The molecule has 2 aliphatic rings. The largest absolute Gasteiger partial charge is 0.389 e. The smallest absolute Gasteiger partial charge is 0.266 e. The highest BCUT2D eigenvalue weighted by atomic mass is 19.3. The fourth-order valence-corrected chi connectivity index (χ4v) is 4.26. The van der Waals surface area contributed by atoms with Crippen LogP contribution in [-0.4, -0.2) is 55.5 Å². The van der Waals surface area contributed by atoms with Gasteiger partial charge >= 0.3 is 0 Å². The number of aromatic nitrogens is 2. The fourth-order valence-electron chi connectivity index (χ4n) is 4.26. The van der Waals surface area contributed by atoms with Crippen LogP contribution in [0, 0.1) is 11.7 Å². The lowest BCUT2D eigenvalue weighted by Gasteiger charge is -2.24. The second-order valence-corrected chi connectivity index (χ2v) is 10.4. The number of amides is 1. The van der Waals surface area contributed by atoms with E-state index in [1.807, 2.05) is 13.8 Å². The van der Waals surface area contributed by atoms with E-state index >= 15 is 0 Å². The first kappa shape index (κ1) is 26.6. The van der Waals surface area contributed by atoms with Crippen molar-refractivity contribution in [3.05, 3.63) is 64.7 Å². The summed E-state index contributed by atoms with van der Waals surface area (Å²) in [4.78, 5) is 18.1. The molecule has 1 aromatic carbocycles. The van der Waals surface area contributed by atoms with Crippen LogP contribution in [-0.2, 0) is 11.3 Å². The van der Waals surface area contributed by atoms with Gasteiger partial charge in [0, 0.05) is 17.3 Å². The first-order valence-corrected chi connectivity index (χ1v) is 12.1. The van der Waals surface area contributed by atoms with Crippen LogP contribution in [0.2, 0.25) is 0 Å². The van der Waals surface area contributed by atoms with E-state index in [-0.39, 0.29) is 29.6 Å². The number of rotatable bonds is 8. The zero-order valence-electron chi connectivity index (χ0n) is 21.4. The number of hydrazone groups is 1. The molecule has 4 rings (SSSR count). The second-order valence-electron chi connectivity index (χ2n) is 10.4. The Morgan fingerprint density at radius 3 is 2.59 bits per heavy atom. The van der Waals surface area contributed by atoms with Crippen LogP contribution in [0.5, 0.6) is 0 Å². The third-order valence-corrected chi connectivity index (χ3v) is 6.24. The highest BCUT2D eigenvalue weighted by Gasteiger charge is 2.36. The SMILES string of the molecule is CC(C)[C@@H]1CN2N=C(c3cnn(CC(C)(C)O)c3)C=C(C(=O)N[C@H](C)c3cccc(C(F)F)c3F)C2=N1. The van der Waals surface area contributed by atoms with Crippen molar-refractivity contribution in [3.63, 3.8) is 0 Å². The number of carbonyl (C=O) groups excluding carboxylic acids is 1. The van der Waals surface area contributed by atoms with Gasteiger partial charge in [-0.1, -0.05) is 32.0 Å². The number of carbonyl (C=O) groups is 1. The minimum atomic E-state index is -2.96. The fraction of sp³-hybridized carbons (Fsp3) is 0.462. The Hall–Kier alpha value is -3.47. The van der Waals surface area contributed by atoms with E-state index in [0.29, 0.717) is 23.7 Å². The number of benzene rings is 1. The number of nitrogens with one attached hydrogen (secondary N) is 1. The number of hydrogen-bond donors (Lipinski definition) is 2. The average Bonchev–Trinajstić information content (AvgIpc) is 3.44. The summed E-state index contributed by atoms with van der Waals surface area (Å²) >= 11 is 0. The van der Waals surface area contributed by atoms with E-state index in [2.05, 4.69) is 15.5 Å². The molecule has 0 saturated heterocycles. The minimum Gasteiger partial charge on any atom is -0.389 e. The zero-order valence-corrected chi connectivity index (χ0v) is 21.4. The van der Waals surface area contributed by atoms with Crippen LogP contribution in [0.25, 0.3) is 0 Å². The molecule has 0 bridgehead atoms. The van der Waals surface area contributed by atoms with Gasteiger partial charge in [-0.25, -0.2) is 18.2 Å². The van der Waals surface area contributed by atoms with Crippen LogP contribution in [0.3, 0.4) is 0 Å². The summed E-state index contributed by atoms with van der Waals surface area (Å²) in [6.07, 6.45) is 1.96. The van der Waals surface area contributed by atoms with E-state index in [1.54, 1.807) is 42.0 Å². The molecule has 0 spiro atoms. The lowest BCUT2D eigenvalue weighted by Crippen LogP contribution is -2.38. The number of hydrogen-bond acceptors (Lipinski definition) is 6. The molecule has 8 nitrogen and oxygen atoms in total. The molecule has 11 heteroatoms. The predicted molar refractivity (Wildman–Crippen MR) is 134 cm³/mol. The maximum atomic E-state index is 14.7. The van der Waals surface area contributed by atoms with Gasteiger partial charge in [-0.15, -0.1) is 0 Å². The molecule has 198 valence electrons. The molecule has 0 saturated carbocycles. The molecule has 1 aromatic heterocycles. The minimum absolute atomic E-state index is 0.0328. The topological polar surface area (TPSA) is 95.1 Å². The molecule has 0 fully saturated rings. The molecule has 2 atom stereocenters. The number of alkyl halides is 2. The van der Waals surface area contributed by atoms with Crippen molar-refractivity contribution in [2.24, 2.45) is 16.0 Å². The Bertz CT molecular complexity index is 1280. The Morgan fingerprint density at radius 1 is 1.24 bits per heavy atom. The number of allylic oxidation sites excluding steroid dienone is 1. The van der Waals surface area contributed by atoms with Crippen molar-refractivity contribution in [3.8, 4) is 0 Å². The Labute approximate surface area is 213 Å².